The lowest BCUT2D eigenvalue weighted by Crippen LogP contribution is -2.17. The molecule has 16 heavy (non-hydrogen) atoms. The van der Waals surface area contributed by atoms with Gasteiger partial charge in [-0.15, -0.1) is 0 Å². The molecule has 0 saturated carbocycles. The van der Waals surface area contributed by atoms with E-state index in [1.54, 1.807) is 7.11 Å². The van der Waals surface area contributed by atoms with Gasteiger partial charge in [0.05, 0.1) is 0 Å². The van der Waals surface area contributed by atoms with Crippen molar-refractivity contribution < 1.29 is 9.47 Å². The van der Waals surface area contributed by atoms with E-state index in [-0.39, 0.29) is 6.79 Å². The van der Waals surface area contributed by atoms with Crippen molar-refractivity contribution in [2.45, 2.75) is 0 Å². The smallest absolute Gasteiger partial charge is 0.188 e. The van der Waals surface area contributed by atoms with E-state index in [1.165, 1.54) is 0 Å². The molecule has 1 aliphatic heterocycles. The number of methoxy groups -OCH3 is 1. The number of benzene rings is 1. The van der Waals surface area contributed by atoms with Gasteiger partial charge in [-0.05, 0) is 30.3 Å². The maximum absolute atomic E-state index is 5.32. The Morgan fingerprint density at radius 1 is 1.19 bits per heavy atom. The Morgan fingerprint density at radius 2 is 2.00 bits per heavy atom. The van der Waals surface area contributed by atoms with Crippen molar-refractivity contribution >= 4 is 5.69 Å². The Balaban J connectivity index is 2.01. The highest BCUT2D eigenvalue weighted by molar-refractivity contribution is 5.53. The molecule has 3 nitrogen and oxygen atoms in total. The minimum Gasteiger partial charge on any atom is -0.468 e. The Morgan fingerprint density at radius 3 is 2.62 bits per heavy atom. The van der Waals surface area contributed by atoms with E-state index in [9.17, 15) is 0 Å². The molecule has 0 aromatic heterocycles. The third-order valence-electron chi connectivity index (χ3n) is 2.33. The van der Waals surface area contributed by atoms with Crippen LogP contribution in [0.25, 0.3) is 0 Å². The van der Waals surface area contributed by atoms with Gasteiger partial charge >= 0.3 is 0 Å². The maximum Gasteiger partial charge on any atom is 0.188 e. The van der Waals surface area contributed by atoms with E-state index in [0.29, 0.717) is 0 Å². The summed E-state index contributed by atoms with van der Waals surface area (Å²) in [4.78, 5) is 2.17. The van der Waals surface area contributed by atoms with Crippen LogP contribution in [-0.2, 0) is 4.74 Å². The van der Waals surface area contributed by atoms with Crippen LogP contribution in [0.3, 0.4) is 0 Å². The van der Waals surface area contributed by atoms with E-state index in [1.807, 2.05) is 36.4 Å². The van der Waals surface area contributed by atoms with Crippen LogP contribution in [0.1, 0.15) is 0 Å². The molecule has 1 aromatic carbocycles. The third-order valence-corrected chi connectivity index (χ3v) is 2.33. The molecular formula is C13H15NO2. The van der Waals surface area contributed by atoms with E-state index >= 15 is 0 Å². The van der Waals surface area contributed by atoms with Gasteiger partial charge in [0, 0.05) is 25.5 Å². The molecule has 0 amide bonds. The van der Waals surface area contributed by atoms with Crippen molar-refractivity contribution in [2.24, 2.45) is 0 Å². The summed E-state index contributed by atoms with van der Waals surface area (Å²) in [5, 5.41) is 0. The number of hydrogen-bond donors (Lipinski definition) is 0. The second-order valence-corrected chi connectivity index (χ2v) is 3.47. The van der Waals surface area contributed by atoms with E-state index in [0.717, 1.165) is 18.0 Å². The summed E-state index contributed by atoms with van der Waals surface area (Å²) in [5.74, 6) is 0.821. The fourth-order valence-electron chi connectivity index (χ4n) is 1.52. The number of allylic oxidation sites excluding steroid dienone is 2. The number of ether oxygens (including phenoxy) is 2. The zero-order valence-corrected chi connectivity index (χ0v) is 9.30. The Kier molecular flexibility index (Phi) is 3.62. The molecule has 2 rings (SSSR count). The Hall–Kier alpha value is -1.74. The Labute approximate surface area is 95.6 Å². The summed E-state index contributed by atoms with van der Waals surface area (Å²) in [6.07, 6.45) is 8.26. The van der Waals surface area contributed by atoms with Crippen molar-refractivity contribution in [2.75, 3.05) is 25.3 Å². The molecule has 0 atom stereocenters. The molecule has 0 fully saturated rings. The summed E-state index contributed by atoms with van der Waals surface area (Å²) >= 11 is 0. The molecule has 0 N–H and O–H groups in total. The van der Waals surface area contributed by atoms with Crippen molar-refractivity contribution in [3.63, 3.8) is 0 Å². The van der Waals surface area contributed by atoms with Gasteiger partial charge in [-0.3, -0.25) is 0 Å². The summed E-state index contributed by atoms with van der Waals surface area (Å²) < 4.78 is 10.2. The van der Waals surface area contributed by atoms with Gasteiger partial charge in [0.2, 0.25) is 0 Å². The molecule has 0 spiro atoms. The normalized spacial score (nSPS) is 14.2. The number of nitrogens with zero attached hydrogens (tertiary/aromatic N) is 1. The van der Waals surface area contributed by atoms with E-state index in [2.05, 4.69) is 17.2 Å². The van der Waals surface area contributed by atoms with E-state index < -0.39 is 0 Å². The first kappa shape index (κ1) is 10.8. The van der Waals surface area contributed by atoms with Crippen LogP contribution in [0.2, 0.25) is 0 Å². The number of hydrogen-bond acceptors (Lipinski definition) is 3. The van der Waals surface area contributed by atoms with Crippen LogP contribution in [0.15, 0.2) is 48.7 Å². The van der Waals surface area contributed by atoms with E-state index in [4.69, 9.17) is 9.47 Å². The molecule has 3 heteroatoms. The minimum absolute atomic E-state index is 0.283. The van der Waals surface area contributed by atoms with Gasteiger partial charge in [0.15, 0.2) is 6.79 Å². The summed E-state index contributed by atoms with van der Waals surface area (Å²) in [6.45, 7) is 1.19. The monoisotopic (exact) mass is 217 g/mol. The van der Waals surface area contributed by atoms with Gasteiger partial charge in [-0.1, -0.05) is 12.2 Å². The SMILES string of the molecule is COCOc1ccc(N2C=CC=CC2)cc1. The van der Waals surface area contributed by atoms with Crippen LogP contribution >= 0.6 is 0 Å². The van der Waals surface area contributed by atoms with Gasteiger partial charge in [-0.25, -0.2) is 0 Å². The molecule has 1 aromatic rings. The van der Waals surface area contributed by atoms with Gasteiger partial charge < -0.3 is 14.4 Å². The van der Waals surface area contributed by atoms with Crippen LogP contribution in [-0.4, -0.2) is 20.4 Å². The predicted octanol–water partition coefficient (Wildman–Crippen LogP) is 2.56. The standard InChI is InChI=1S/C13H15NO2/c1-15-11-16-13-7-5-12(6-8-13)14-9-3-2-4-10-14/h2-9H,10-11H2,1H3. The highest BCUT2D eigenvalue weighted by Crippen LogP contribution is 2.20. The zero-order valence-electron chi connectivity index (χ0n) is 9.30. The lowest BCUT2D eigenvalue weighted by atomic mass is 10.2. The highest BCUT2D eigenvalue weighted by atomic mass is 16.7. The lowest BCUT2D eigenvalue weighted by molar-refractivity contribution is 0.0511. The molecule has 0 saturated heterocycles. The number of anilines is 1. The lowest BCUT2D eigenvalue weighted by Gasteiger charge is -2.20. The predicted molar refractivity (Wildman–Crippen MR) is 64.6 cm³/mol. The van der Waals surface area contributed by atoms with Crippen LogP contribution in [0, 0.1) is 0 Å². The first-order valence-corrected chi connectivity index (χ1v) is 5.22. The average Bonchev–Trinajstić information content (AvgIpc) is 2.38. The Bertz CT molecular complexity index is 381. The van der Waals surface area contributed by atoms with Crippen molar-refractivity contribution in [1.82, 2.24) is 0 Å². The summed E-state index contributed by atoms with van der Waals surface area (Å²) in [6, 6.07) is 7.96. The fourth-order valence-corrected chi connectivity index (χ4v) is 1.52. The molecule has 84 valence electrons. The second kappa shape index (κ2) is 5.37. The quantitative estimate of drug-likeness (QED) is 0.723. The second-order valence-electron chi connectivity index (χ2n) is 3.47. The van der Waals surface area contributed by atoms with Crippen molar-refractivity contribution in [3.05, 3.63) is 48.7 Å². The molecule has 0 radical (unpaired) electrons. The number of rotatable bonds is 4. The van der Waals surface area contributed by atoms with Gasteiger partial charge in [0.25, 0.3) is 0 Å². The molecular weight excluding hydrogens is 202 g/mol. The van der Waals surface area contributed by atoms with Crippen LogP contribution < -0.4 is 9.64 Å². The third kappa shape index (κ3) is 2.64. The summed E-state index contributed by atoms with van der Waals surface area (Å²) in [7, 11) is 1.61. The van der Waals surface area contributed by atoms with Crippen LogP contribution in [0.4, 0.5) is 5.69 Å². The minimum atomic E-state index is 0.283. The molecule has 0 bridgehead atoms. The van der Waals surface area contributed by atoms with Gasteiger partial charge in [0.1, 0.15) is 5.75 Å². The molecule has 1 aliphatic rings. The van der Waals surface area contributed by atoms with Crippen molar-refractivity contribution in [3.8, 4) is 5.75 Å². The highest BCUT2D eigenvalue weighted by Gasteiger charge is 2.03. The molecule has 1 heterocycles. The average molecular weight is 217 g/mol. The molecule has 0 aliphatic carbocycles. The molecule has 0 unspecified atom stereocenters. The first-order chi connectivity index (χ1) is 7.90. The first-order valence-electron chi connectivity index (χ1n) is 5.22. The zero-order chi connectivity index (χ0) is 11.2. The largest absolute Gasteiger partial charge is 0.468 e. The van der Waals surface area contributed by atoms with Crippen molar-refractivity contribution in [1.29, 1.82) is 0 Å². The topological polar surface area (TPSA) is 21.7 Å². The van der Waals surface area contributed by atoms with Gasteiger partial charge in [-0.2, -0.15) is 0 Å². The fraction of sp³-hybridized carbons (Fsp3) is 0.231. The van der Waals surface area contributed by atoms with Crippen LogP contribution in [0.5, 0.6) is 5.75 Å². The summed E-state index contributed by atoms with van der Waals surface area (Å²) in [5.41, 5.74) is 1.16. The maximum atomic E-state index is 5.32.